The second-order valence-electron chi connectivity index (χ2n) is 15.4. The first kappa shape index (κ1) is 49.0. The van der Waals surface area contributed by atoms with Crippen molar-refractivity contribution in [2.24, 2.45) is 0 Å². The zero-order chi connectivity index (χ0) is 37.2. The third kappa shape index (κ3) is 36.8. The second kappa shape index (κ2) is 33.8. The Labute approximate surface area is 308 Å². The van der Waals surface area contributed by atoms with E-state index in [0.29, 0.717) is 23.9 Å². The number of carbonyl (C=O) groups is 2. The summed E-state index contributed by atoms with van der Waals surface area (Å²) < 4.78 is 34.2. The predicted molar refractivity (Wildman–Crippen MR) is 206 cm³/mol. The van der Waals surface area contributed by atoms with Crippen molar-refractivity contribution in [3.8, 4) is 0 Å². The Bertz CT molecular complexity index is 835. The van der Waals surface area contributed by atoms with Crippen LogP contribution in [0.15, 0.2) is 0 Å². The molecule has 10 heteroatoms. The fourth-order valence-corrected chi connectivity index (χ4v) is 6.58. The molecule has 0 rings (SSSR count). The van der Waals surface area contributed by atoms with Crippen LogP contribution in [0.25, 0.3) is 0 Å². The highest BCUT2D eigenvalue weighted by Gasteiger charge is 2.27. The number of phosphoric acid groups is 1. The van der Waals surface area contributed by atoms with E-state index in [-0.39, 0.29) is 25.6 Å². The summed E-state index contributed by atoms with van der Waals surface area (Å²) in [6.45, 7) is 4.42. The number of nitrogens with zero attached hydrogens (tertiary/aromatic N) is 1. The van der Waals surface area contributed by atoms with Crippen molar-refractivity contribution < 1.29 is 42.1 Å². The Kier molecular flexibility index (Phi) is 33.2. The van der Waals surface area contributed by atoms with Crippen LogP contribution in [0.5, 0.6) is 0 Å². The lowest BCUT2D eigenvalue weighted by Gasteiger charge is -2.24. The van der Waals surface area contributed by atoms with E-state index in [1.807, 2.05) is 21.1 Å². The van der Waals surface area contributed by atoms with Crippen molar-refractivity contribution in [2.75, 3.05) is 47.5 Å². The zero-order valence-corrected chi connectivity index (χ0v) is 34.3. The standard InChI is InChI=1S/C40H80NO8P/c1-6-8-10-12-14-16-17-18-19-20-21-22-23-25-26-28-30-32-39(42)46-36-38(37-48-50(44,45)47-35-34-41(3,4)5)49-40(43)33-31-29-27-24-15-13-11-9-7-2/h38H,6-37H2,1-5H3/p+1. The first-order chi connectivity index (χ1) is 24.0. The lowest BCUT2D eigenvalue weighted by molar-refractivity contribution is -0.870. The fraction of sp³-hybridized carbons (Fsp3) is 0.950. The number of phosphoric ester groups is 1. The molecule has 0 aromatic rings. The molecular formula is C40H81NO8P+. The molecule has 2 unspecified atom stereocenters. The van der Waals surface area contributed by atoms with E-state index < -0.39 is 26.5 Å². The molecule has 0 aromatic heterocycles. The van der Waals surface area contributed by atoms with Crippen molar-refractivity contribution in [1.29, 1.82) is 0 Å². The van der Waals surface area contributed by atoms with E-state index in [1.54, 1.807) is 0 Å². The van der Waals surface area contributed by atoms with Crippen LogP contribution in [0.1, 0.15) is 194 Å². The quantitative estimate of drug-likeness (QED) is 0.0289. The normalized spacial score (nSPS) is 13.6. The second-order valence-corrected chi connectivity index (χ2v) is 16.8. The highest BCUT2D eigenvalue weighted by molar-refractivity contribution is 7.47. The van der Waals surface area contributed by atoms with Crippen LogP contribution < -0.4 is 0 Å². The Balaban J connectivity index is 4.27. The number of hydrogen-bond donors (Lipinski definition) is 1. The summed E-state index contributed by atoms with van der Waals surface area (Å²) >= 11 is 0. The number of likely N-dealkylation sites (N-methyl/N-ethyl adjacent to an activating group) is 1. The number of quaternary nitrogens is 1. The molecule has 0 bridgehead atoms. The van der Waals surface area contributed by atoms with E-state index >= 15 is 0 Å². The molecular weight excluding hydrogens is 653 g/mol. The van der Waals surface area contributed by atoms with E-state index in [2.05, 4.69) is 13.8 Å². The molecule has 0 fully saturated rings. The third-order valence-corrected chi connectivity index (χ3v) is 10.1. The Morgan fingerprint density at radius 3 is 1.28 bits per heavy atom. The number of esters is 2. The highest BCUT2D eigenvalue weighted by Crippen LogP contribution is 2.43. The molecule has 2 atom stereocenters. The molecule has 0 spiro atoms. The van der Waals surface area contributed by atoms with E-state index in [1.165, 1.54) is 128 Å². The summed E-state index contributed by atoms with van der Waals surface area (Å²) in [6, 6.07) is 0. The van der Waals surface area contributed by atoms with Crippen molar-refractivity contribution >= 4 is 19.8 Å². The molecule has 0 radical (unpaired) electrons. The molecule has 0 saturated carbocycles. The SMILES string of the molecule is CCCCCCCCCCCCCCCCCCCC(=O)OCC(COP(=O)(O)OCC[N+](C)(C)C)OC(=O)CCCCCCCCCCC. The topological polar surface area (TPSA) is 108 Å². The van der Waals surface area contributed by atoms with Crippen LogP contribution in [0.2, 0.25) is 0 Å². The summed E-state index contributed by atoms with van der Waals surface area (Å²) in [4.78, 5) is 35.2. The van der Waals surface area contributed by atoms with Crippen LogP contribution >= 0.6 is 7.82 Å². The fourth-order valence-electron chi connectivity index (χ4n) is 5.84. The molecule has 1 N–H and O–H groups in total. The van der Waals surface area contributed by atoms with Gasteiger partial charge in [-0.3, -0.25) is 18.6 Å². The van der Waals surface area contributed by atoms with Crippen LogP contribution in [0.3, 0.4) is 0 Å². The van der Waals surface area contributed by atoms with Crippen LogP contribution in [-0.4, -0.2) is 74.9 Å². The van der Waals surface area contributed by atoms with E-state index in [0.717, 1.165) is 32.1 Å². The van der Waals surface area contributed by atoms with Gasteiger partial charge in [0.25, 0.3) is 0 Å². The first-order valence-corrected chi connectivity index (χ1v) is 22.3. The van der Waals surface area contributed by atoms with Gasteiger partial charge in [-0.05, 0) is 12.8 Å². The molecule has 0 aliphatic carbocycles. The van der Waals surface area contributed by atoms with Gasteiger partial charge in [0, 0.05) is 12.8 Å². The van der Waals surface area contributed by atoms with Gasteiger partial charge in [-0.25, -0.2) is 4.57 Å². The number of carbonyl (C=O) groups excluding carboxylic acids is 2. The molecule has 0 heterocycles. The predicted octanol–water partition coefficient (Wildman–Crippen LogP) is 11.2. The van der Waals surface area contributed by atoms with Crippen molar-refractivity contribution in [2.45, 2.75) is 200 Å². The molecule has 298 valence electrons. The Morgan fingerprint density at radius 1 is 0.540 bits per heavy atom. The van der Waals surface area contributed by atoms with Crippen LogP contribution in [0.4, 0.5) is 0 Å². The average molecular weight is 735 g/mol. The molecule has 0 saturated heterocycles. The summed E-state index contributed by atoms with van der Waals surface area (Å²) in [5, 5.41) is 0. The minimum atomic E-state index is -4.36. The van der Waals surface area contributed by atoms with Crippen molar-refractivity contribution in [3.63, 3.8) is 0 Å². The van der Waals surface area contributed by atoms with E-state index in [4.69, 9.17) is 18.5 Å². The smallest absolute Gasteiger partial charge is 0.462 e. The van der Waals surface area contributed by atoms with E-state index in [9.17, 15) is 19.0 Å². The van der Waals surface area contributed by atoms with Gasteiger partial charge in [0.1, 0.15) is 19.8 Å². The molecule has 0 amide bonds. The summed E-state index contributed by atoms with van der Waals surface area (Å²) in [5.41, 5.74) is 0. The Morgan fingerprint density at radius 2 is 0.900 bits per heavy atom. The molecule has 0 aromatic carbocycles. The first-order valence-electron chi connectivity index (χ1n) is 20.8. The number of unbranched alkanes of at least 4 members (excludes halogenated alkanes) is 24. The zero-order valence-electron chi connectivity index (χ0n) is 33.4. The minimum absolute atomic E-state index is 0.0364. The maximum Gasteiger partial charge on any atom is 0.472 e. The van der Waals surface area contributed by atoms with Gasteiger partial charge in [0.05, 0.1) is 27.7 Å². The van der Waals surface area contributed by atoms with Gasteiger partial charge >= 0.3 is 19.8 Å². The van der Waals surface area contributed by atoms with Gasteiger partial charge in [-0.2, -0.15) is 0 Å². The van der Waals surface area contributed by atoms with Crippen molar-refractivity contribution in [3.05, 3.63) is 0 Å². The summed E-state index contributed by atoms with van der Waals surface area (Å²) in [5.74, 6) is -0.790. The molecule has 50 heavy (non-hydrogen) atoms. The van der Waals surface area contributed by atoms with Gasteiger partial charge < -0.3 is 18.9 Å². The maximum atomic E-state index is 12.6. The number of ether oxygens (including phenoxy) is 2. The highest BCUT2D eigenvalue weighted by atomic mass is 31.2. The van der Waals surface area contributed by atoms with Gasteiger partial charge in [-0.15, -0.1) is 0 Å². The summed E-state index contributed by atoms with van der Waals surface area (Å²) in [6.07, 6.45) is 31.5. The van der Waals surface area contributed by atoms with Crippen molar-refractivity contribution in [1.82, 2.24) is 0 Å². The monoisotopic (exact) mass is 735 g/mol. The number of hydrogen-bond acceptors (Lipinski definition) is 7. The average Bonchev–Trinajstić information content (AvgIpc) is 3.06. The summed E-state index contributed by atoms with van der Waals surface area (Å²) in [7, 11) is 1.49. The van der Waals surface area contributed by atoms with Gasteiger partial charge in [-0.1, -0.05) is 168 Å². The van der Waals surface area contributed by atoms with Crippen LogP contribution in [0, 0.1) is 0 Å². The van der Waals surface area contributed by atoms with Gasteiger partial charge in [0.2, 0.25) is 0 Å². The molecule has 0 aliphatic rings. The number of rotatable bonds is 38. The largest absolute Gasteiger partial charge is 0.472 e. The maximum absolute atomic E-state index is 12.6. The molecule has 9 nitrogen and oxygen atoms in total. The lowest BCUT2D eigenvalue weighted by Crippen LogP contribution is -2.37. The third-order valence-electron chi connectivity index (χ3n) is 9.14. The lowest BCUT2D eigenvalue weighted by atomic mass is 10.0. The van der Waals surface area contributed by atoms with Gasteiger partial charge in [0.15, 0.2) is 6.10 Å². The minimum Gasteiger partial charge on any atom is -0.462 e. The van der Waals surface area contributed by atoms with Crippen LogP contribution in [-0.2, 0) is 32.7 Å². The Hall–Kier alpha value is -0.990. The molecule has 0 aliphatic heterocycles.